The van der Waals surface area contributed by atoms with E-state index >= 15 is 0 Å². The largest absolute Gasteiger partial charge is 0.398 e. The lowest BCUT2D eigenvalue weighted by molar-refractivity contribution is 0.181. The van der Waals surface area contributed by atoms with Crippen molar-refractivity contribution in [2.24, 2.45) is 0 Å². The van der Waals surface area contributed by atoms with Crippen LogP contribution in [0.1, 0.15) is 6.42 Å². The highest BCUT2D eigenvalue weighted by Crippen LogP contribution is 2.27. The number of sulfonamides is 1. The van der Waals surface area contributed by atoms with Gasteiger partial charge >= 0.3 is 0 Å². The van der Waals surface area contributed by atoms with Crippen molar-refractivity contribution in [3.05, 3.63) is 18.2 Å². The van der Waals surface area contributed by atoms with E-state index in [1.807, 2.05) is 0 Å². The van der Waals surface area contributed by atoms with Crippen LogP contribution in [0.3, 0.4) is 0 Å². The Morgan fingerprint density at radius 3 is 2.48 bits per heavy atom. The summed E-state index contributed by atoms with van der Waals surface area (Å²) in [4.78, 5) is -0.272. The van der Waals surface area contributed by atoms with Gasteiger partial charge in [-0.1, -0.05) is 0 Å². The Bertz CT molecular complexity index is 737. The second-order valence-electron chi connectivity index (χ2n) is 5.01. The summed E-state index contributed by atoms with van der Waals surface area (Å²) in [7, 11) is -5.94. The molecule has 0 spiro atoms. The van der Waals surface area contributed by atoms with Crippen LogP contribution < -0.4 is 5.73 Å². The van der Waals surface area contributed by atoms with Crippen molar-refractivity contribution >= 4 is 25.5 Å². The lowest BCUT2D eigenvalue weighted by Gasteiger charge is -2.23. The first kappa shape index (κ1) is 16.2. The van der Waals surface area contributed by atoms with E-state index in [2.05, 4.69) is 0 Å². The Hall–Kier alpha value is -1.16. The van der Waals surface area contributed by atoms with Gasteiger partial charge in [0.1, 0.15) is 4.90 Å². The predicted octanol–water partition coefficient (Wildman–Crippen LogP) is 0.0817. The molecule has 1 aliphatic heterocycles. The zero-order valence-electron chi connectivity index (χ0n) is 11.8. The first-order valence-corrected chi connectivity index (χ1v) is 9.62. The molecular formula is C12H18N2O5S2. The van der Waals surface area contributed by atoms with Gasteiger partial charge in [0, 0.05) is 19.9 Å². The summed E-state index contributed by atoms with van der Waals surface area (Å²) in [5.41, 5.74) is 5.74. The van der Waals surface area contributed by atoms with Crippen molar-refractivity contribution in [3.63, 3.8) is 0 Å². The van der Waals surface area contributed by atoms with E-state index in [0.29, 0.717) is 19.6 Å². The maximum atomic E-state index is 12.6. The third-order valence-electron chi connectivity index (χ3n) is 3.49. The molecule has 1 aromatic rings. The van der Waals surface area contributed by atoms with Crippen LogP contribution in [0.2, 0.25) is 0 Å². The molecule has 0 amide bonds. The van der Waals surface area contributed by atoms with Gasteiger partial charge in [-0.3, -0.25) is 0 Å². The molecule has 21 heavy (non-hydrogen) atoms. The topological polar surface area (TPSA) is 107 Å². The molecule has 1 aliphatic rings. The van der Waals surface area contributed by atoms with E-state index in [-0.39, 0.29) is 21.5 Å². The average Bonchev–Trinajstić information content (AvgIpc) is 2.90. The zero-order valence-corrected chi connectivity index (χ0v) is 13.4. The van der Waals surface area contributed by atoms with E-state index in [4.69, 9.17) is 10.5 Å². The molecule has 0 radical (unpaired) electrons. The maximum absolute atomic E-state index is 12.6. The van der Waals surface area contributed by atoms with Gasteiger partial charge in [-0.25, -0.2) is 16.8 Å². The van der Waals surface area contributed by atoms with Crippen LogP contribution in [0.25, 0.3) is 0 Å². The van der Waals surface area contributed by atoms with Crippen molar-refractivity contribution in [2.45, 2.75) is 22.3 Å². The van der Waals surface area contributed by atoms with E-state index in [9.17, 15) is 16.8 Å². The minimum absolute atomic E-state index is 0.0214. The molecule has 1 saturated heterocycles. The molecule has 0 saturated carbocycles. The Kier molecular flexibility index (Phi) is 4.29. The van der Waals surface area contributed by atoms with Gasteiger partial charge in [0.05, 0.1) is 23.2 Å². The number of nitrogens with zero attached hydrogens (tertiary/aromatic N) is 1. The molecule has 1 heterocycles. The fraction of sp³-hybridized carbons (Fsp3) is 0.500. The van der Waals surface area contributed by atoms with Crippen LogP contribution >= 0.6 is 0 Å². The fourth-order valence-corrected chi connectivity index (χ4v) is 4.36. The molecule has 1 atom stereocenters. The molecule has 1 unspecified atom stereocenters. The van der Waals surface area contributed by atoms with Crippen LogP contribution in [0.5, 0.6) is 0 Å². The van der Waals surface area contributed by atoms with E-state index in [1.165, 1.54) is 23.5 Å². The van der Waals surface area contributed by atoms with Gasteiger partial charge in [0.15, 0.2) is 9.84 Å². The SMILES string of the molecule is CN(C1CCOC1)S(=O)(=O)c1cc(S(C)(=O)=O)ccc1N. The number of rotatable bonds is 4. The number of hydrogen-bond donors (Lipinski definition) is 1. The average molecular weight is 334 g/mol. The van der Waals surface area contributed by atoms with Crippen LogP contribution in [0.4, 0.5) is 5.69 Å². The van der Waals surface area contributed by atoms with E-state index < -0.39 is 19.9 Å². The third-order valence-corrected chi connectivity index (χ3v) is 6.57. The van der Waals surface area contributed by atoms with Crippen molar-refractivity contribution in [3.8, 4) is 0 Å². The van der Waals surface area contributed by atoms with Crippen LogP contribution in [-0.2, 0) is 24.6 Å². The molecule has 1 fully saturated rings. The van der Waals surface area contributed by atoms with E-state index in [1.54, 1.807) is 0 Å². The molecule has 0 bridgehead atoms. The zero-order chi connectivity index (χ0) is 15.8. The summed E-state index contributed by atoms with van der Waals surface area (Å²) in [5.74, 6) is 0. The van der Waals surface area contributed by atoms with Gasteiger partial charge in [0.25, 0.3) is 0 Å². The minimum Gasteiger partial charge on any atom is -0.398 e. The quantitative estimate of drug-likeness (QED) is 0.782. The fourth-order valence-electron chi connectivity index (χ4n) is 2.13. The molecule has 2 rings (SSSR count). The predicted molar refractivity (Wildman–Crippen MR) is 78.1 cm³/mol. The molecule has 0 aromatic heterocycles. The molecule has 2 N–H and O–H groups in total. The number of anilines is 1. The second kappa shape index (κ2) is 5.56. The highest BCUT2D eigenvalue weighted by molar-refractivity contribution is 7.91. The third kappa shape index (κ3) is 3.20. The number of benzene rings is 1. The molecule has 118 valence electrons. The van der Waals surface area contributed by atoms with Gasteiger partial charge < -0.3 is 10.5 Å². The van der Waals surface area contributed by atoms with Gasteiger partial charge in [-0.05, 0) is 24.6 Å². The molecule has 7 nitrogen and oxygen atoms in total. The summed E-state index contributed by atoms with van der Waals surface area (Å²) >= 11 is 0. The highest BCUT2D eigenvalue weighted by atomic mass is 32.2. The van der Waals surface area contributed by atoms with Gasteiger partial charge in [-0.15, -0.1) is 0 Å². The number of sulfone groups is 1. The first-order valence-electron chi connectivity index (χ1n) is 6.29. The van der Waals surface area contributed by atoms with E-state index in [0.717, 1.165) is 12.3 Å². The first-order chi connectivity index (χ1) is 9.64. The Morgan fingerprint density at radius 1 is 1.29 bits per heavy atom. The normalized spacial score (nSPS) is 20.0. The Balaban J connectivity index is 2.48. The standard InChI is InChI=1S/C12H18N2O5S2/c1-14(9-5-6-19-8-9)21(17,18)12-7-10(20(2,15)16)3-4-11(12)13/h3-4,7,9H,5-6,8,13H2,1-2H3. The van der Waals surface area contributed by atoms with Crippen molar-refractivity contribution in [2.75, 3.05) is 32.3 Å². The molecular weight excluding hydrogens is 316 g/mol. The highest BCUT2D eigenvalue weighted by Gasteiger charge is 2.32. The number of nitrogens with two attached hydrogens (primary N) is 1. The number of likely N-dealkylation sites (N-methyl/N-ethyl adjacent to an activating group) is 1. The van der Waals surface area contributed by atoms with Gasteiger partial charge in [-0.2, -0.15) is 4.31 Å². The summed E-state index contributed by atoms with van der Waals surface area (Å²) in [5, 5.41) is 0. The summed E-state index contributed by atoms with van der Waals surface area (Å²) in [6.07, 6.45) is 1.62. The Morgan fingerprint density at radius 2 is 1.95 bits per heavy atom. The van der Waals surface area contributed by atoms with Crippen LogP contribution in [0.15, 0.2) is 28.0 Å². The molecule has 1 aromatic carbocycles. The monoisotopic (exact) mass is 334 g/mol. The van der Waals surface area contributed by atoms with Gasteiger partial charge in [0.2, 0.25) is 10.0 Å². The van der Waals surface area contributed by atoms with Crippen molar-refractivity contribution in [1.82, 2.24) is 4.31 Å². The number of nitrogen functional groups attached to an aromatic ring is 1. The Labute approximate surface area is 124 Å². The lowest BCUT2D eigenvalue weighted by Crippen LogP contribution is -2.37. The molecule has 9 heteroatoms. The van der Waals surface area contributed by atoms with Crippen LogP contribution in [-0.4, -0.2) is 53.7 Å². The second-order valence-corrected chi connectivity index (χ2v) is 8.99. The number of hydrogen-bond acceptors (Lipinski definition) is 6. The minimum atomic E-state index is -3.87. The lowest BCUT2D eigenvalue weighted by atomic mass is 10.3. The summed E-state index contributed by atoms with van der Waals surface area (Å²) < 4.78 is 54.8. The molecule has 0 aliphatic carbocycles. The maximum Gasteiger partial charge on any atom is 0.245 e. The van der Waals surface area contributed by atoms with Crippen LogP contribution in [0, 0.1) is 0 Å². The van der Waals surface area contributed by atoms with Crippen molar-refractivity contribution in [1.29, 1.82) is 0 Å². The summed E-state index contributed by atoms with van der Waals surface area (Å²) in [6, 6.07) is 3.42. The van der Waals surface area contributed by atoms with Crippen molar-refractivity contribution < 1.29 is 21.6 Å². The summed E-state index contributed by atoms with van der Waals surface area (Å²) in [6.45, 7) is 0.824. The number of ether oxygens (including phenoxy) is 1. The smallest absolute Gasteiger partial charge is 0.245 e.